The molecule has 0 radical (unpaired) electrons. The van der Waals surface area contributed by atoms with Crippen molar-refractivity contribution in [3.8, 4) is 0 Å². The molecule has 0 saturated heterocycles. The van der Waals surface area contributed by atoms with E-state index >= 15 is 0 Å². The molecule has 0 saturated carbocycles. The Balaban J connectivity index is 2.77. The SMILES string of the molecule is CNC1=C(NO)COCC1C. The summed E-state index contributed by atoms with van der Waals surface area (Å²) in [7, 11) is 1.84. The lowest BCUT2D eigenvalue weighted by molar-refractivity contribution is 0.0835. The molecule has 1 rings (SSSR count). The normalized spacial score (nSPS) is 25.2. The van der Waals surface area contributed by atoms with Gasteiger partial charge in [-0.25, -0.2) is 0 Å². The van der Waals surface area contributed by atoms with Gasteiger partial charge in [0.1, 0.15) is 0 Å². The molecule has 64 valence electrons. The lowest BCUT2D eigenvalue weighted by atomic mass is 10.1. The Hall–Kier alpha value is -0.740. The Bertz CT molecular complexity index is 168. The zero-order chi connectivity index (χ0) is 8.27. The van der Waals surface area contributed by atoms with Crippen molar-refractivity contribution in [2.75, 3.05) is 20.3 Å². The molecule has 11 heavy (non-hydrogen) atoms. The van der Waals surface area contributed by atoms with Gasteiger partial charge in [0.25, 0.3) is 0 Å². The highest BCUT2D eigenvalue weighted by Gasteiger charge is 2.18. The zero-order valence-electron chi connectivity index (χ0n) is 6.85. The molecule has 3 N–H and O–H groups in total. The van der Waals surface area contributed by atoms with E-state index in [1.54, 1.807) is 0 Å². The van der Waals surface area contributed by atoms with Gasteiger partial charge in [0, 0.05) is 18.7 Å². The van der Waals surface area contributed by atoms with Crippen molar-refractivity contribution in [2.24, 2.45) is 5.92 Å². The Kier molecular flexibility index (Phi) is 2.73. The van der Waals surface area contributed by atoms with Gasteiger partial charge in [0.2, 0.25) is 0 Å². The van der Waals surface area contributed by atoms with E-state index in [4.69, 9.17) is 9.94 Å². The van der Waals surface area contributed by atoms with Gasteiger partial charge < -0.3 is 10.1 Å². The van der Waals surface area contributed by atoms with Gasteiger partial charge in [-0.05, 0) is 0 Å². The van der Waals surface area contributed by atoms with Crippen LogP contribution in [0.3, 0.4) is 0 Å². The predicted octanol–water partition coefficient (Wildman–Crippen LogP) is 0.0625. The van der Waals surface area contributed by atoms with Crippen LogP contribution in [0.25, 0.3) is 0 Å². The van der Waals surface area contributed by atoms with Crippen LogP contribution in [0.1, 0.15) is 6.92 Å². The Morgan fingerprint density at radius 2 is 2.36 bits per heavy atom. The summed E-state index contributed by atoms with van der Waals surface area (Å²) >= 11 is 0. The molecular formula is C7H14N2O2. The van der Waals surface area contributed by atoms with E-state index in [9.17, 15) is 0 Å². The standard InChI is InChI=1S/C7H14N2O2/c1-5-3-11-4-6(9-10)7(5)8-2/h5,8-10H,3-4H2,1-2H3. The van der Waals surface area contributed by atoms with Crippen molar-refractivity contribution >= 4 is 0 Å². The fourth-order valence-electron chi connectivity index (χ4n) is 1.29. The lowest BCUT2D eigenvalue weighted by Gasteiger charge is -2.24. The van der Waals surface area contributed by atoms with Gasteiger partial charge in [-0.3, -0.25) is 10.7 Å². The average molecular weight is 158 g/mol. The third-order valence-electron chi connectivity index (χ3n) is 1.84. The van der Waals surface area contributed by atoms with Gasteiger partial charge in [-0.1, -0.05) is 6.92 Å². The Labute approximate surface area is 66.2 Å². The van der Waals surface area contributed by atoms with Crippen LogP contribution in [0.4, 0.5) is 0 Å². The minimum Gasteiger partial charge on any atom is -0.390 e. The first-order chi connectivity index (χ1) is 5.29. The summed E-state index contributed by atoms with van der Waals surface area (Å²) in [5.41, 5.74) is 3.88. The van der Waals surface area contributed by atoms with Gasteiger partial charge in [0.05, 0.1) is 18.9 Å². The molecule has 0 fully saturated rings. The van der Waals surface area contributed by atoms with Crippen molar-refractivity contribution in [3.05, 3.63) is 11.4 Å². The Morgan fingerprint density at radius 1 is 1.64 bits per heavy atom. The molecule has 4 nitrogen and oxygen atoms in total. The number of hydroxylamine groups is 1. The van der Waals surface area contributed by atoms with E-state index < -0.39 is 0 Å². The van der Waals surface area contributed by atoms with E-state index in [0.29, 0.717) is 19.1 Å². The molecule has 0 spiro atoms. The van der Waals surface area contributed by atoms with Crippen molar-refractivity contribution in [2.45, 2.75) is 6.92 Å². The highest BCUT2D eigenvalue weighted by Crippen LogP contribution is 2.16. The zero-order valence-corrected chi connectivity index (χ0v) is 6.85. The highest BCUT2D eigenvalue weighted by atomic mass is 16.5. The van der Waals surface area contributed by atoms with Crippen LogP contribution in [0, 0.1) is 5.92 Å². The summed E-state index contributed by atoms with van der Waals surface area (Å²) in [5.74, 6) is 0.323. The summed E-state index contributed by atoms with van der Waals surface area (Å²) in [6.07, 6.45) is 0. The summed E-state index contributed by atoms with van der Waals surface area (Å²) < 4.78 is 5.20. The maximum absolute atomic E-state index is 8.68. The largest absolute Gasteiger partial charge is 0.390 e. The fraction of sp³-hybridized carbons (Fsp3) is 0.714. The molecule has 1 aliphatic heterocycles. The van der Waals surface area contributed by atoms with Crippen LogP contribution in [0.2, 0.25) is 0 Å². The molecule has 0 amide bonds. The van der Waals surface area contributed by atoms with E-state index in [0.717, 1.165) is 11.4 Å². The summed E-state index contributed by atoms with van der Waals surface area (Å²) in [6.45, 7) is 3.21. The molecule has 4 heteroatoms. The van der Waals surface area contributed by atoms with Gasteiger partial charge >= 0.3 is 0 Å². The minimum absolute atomic E-state index is 0.323. The first kappa shape index (κ1) is 8.36. The lowest BCUT2D eigenvalue weighted by Crippen LogP contribution is -2.31. The summed E-state index contributed by atoms with van der Waals surface area (Å²) in [5, 5.41) is 11.7. The number of rotatable bonds is 2. The molecule has 0 bridgehead atoms. The van der Waals surface area contributed by atoms with E-state index in [1.165, 1.54) is 0 Å². The Morgan fingerprint density at radius 3 is 2.82 bits per heavy atom. The van der Waals surface area contributed by atoms with Crippen molar-refractivity contribution < 1.29 is 9.94 Å². The second-order valence-electron chi connectivity index (χ2n) is 2.67. The van der Waals surface area contributed by atoms with Crippen LogP contribution < -0.4 is 10.8 Å². The van der Waals surface area contributed by atoms with Crippen molar-refractivity contribution in [1.29, 1.82) is 0 Å². The van der Waals surface area contributed by atoms with Crippen LogP contribution in [-0.2, 0) is 4.74 Å². The minimum atomic E-state index is 0.323. The van der Waals surface area contributed by atoms with Crippen LogP contribution in [0.5, 0.6) is 0 Å². The summed E-state index contributed by atoms with van der Waals surface area (Å²) in [6, 6.07) is 0. The average Bonchev–Trinajstić information content (AvgIpc) is 2.04. The highest BCUT2D eigenvalue weighted by molar-refractivity contribution is 5.14. The van der Waals surface area contributed by atoms with E-state index in [-0.39, 0.29) is 0 Å². The summed E-state index contributed by atoms with van der Waals surface area (Å²) in [4.78, 5) is 0. The van der Waals surface area contributed by atoms with E-state index in [2.05, 4.69) is 10.8 Å². The van der Waals surface area contributed by atoms with Crippen LogP contribution in [-0.4, -0.2) is 25.5 Å². The quantitative estimate of drug-likeness (QED) is 0.497. The number of hydrogen-bond donors (Lipinski definition) is 3. The topological polar surface area (TPSA) is 53.5 Å². The second kappa shape index (κ2) is 3.59. The second-order valence-corrected chi connectivity index (χ2v) is 2.67. The first-order valence-electron chi connectivity index (χ1n) is 3.68. The molecule has 0 aromatic carbocycles. The maximum Gasteiger partial charge on any atom is 0.0903 e. The molecule has 0 aromatic rings. The molecule has 1 unspecified atom stereocenters. The monoisotopic (exact) mass is 158 g/mol. The van der Waals surface area contributed by atoms with E-state index in [1.807, 2.05) is 14.0 Å². The van der Waals surface area contributed by atoms with Gasteiger partial charge in [0.15, 0.2) is 0 Å². The third kappa shape index (κ3) is 1.64. The molecule has 0 aliphatic carbocycles. The van der Waals surface area contributed by atoms with Crippen molar-refractivity contribution in [3.63, 3.8) is 0 Å². The third-order valence-corrected chi connectivity index (χ3v) is 1.84. The first-order valence-corrected chi connectivity index (χ1v) is 3.68. The number of hydrogen-bond acceptors (Lipinski definition) is 4. The molecule has 1 heterocycles. The molecular weight excluding hydrogens is 144 g/mol. The smallest absolute Gasteiger partial charge is 0.0903 e. The number of nitrogens with one attached hydrogen (secondary N) is 2. The molecule has 1 aliphatic rings. The van der Waals surface area contributed by atoms with Crippen LogP contribution in [0.15, 0.2) is 11.4 Å². The van der Waals surface area contributed by atoms with Crippen molar-refractivity contribution in [1.82, 2.24) is 10.8 Å². The fourth-order valence-corrected chi connectivity index (χ4v) is 1.29. The molecule has 0 aromatic heterocycles. The maximum atomic E-state index is 8.68. The number of ether oxygens (including phenoxy) is 1. The predicted molar refractivity (Wildman–Crippen MR) is 41.0 cm³/mol. The van der Waals surface area contributed by atoms with Crippen LogP contribution >= 0.6 is 0 Å². The van der Waals surface area contributed by atoms with Gasteiger partial charge in [-0.2, -0.15) is 0 Å². The van der Waals surface area contributed by atoms with Gasteiger partial charge in [-0.15, -0.1) is 0 Å². The molecule has 1 atom stereocenters.